The van der Waals surface area contributed by atoms with Gasteiger partial charge in [-0.05, 0) is 31.2 Å². The molecule has 0 saturated heterocycles. The van der Waals surface area contributed by atoms with Crippen molar-refractivity contribution in [3.8, 4) is 0 Å². The van der Waals surface area contributed by atoms with Crippen molar-refractivity contribution < 1.29 is 9.21 Å². The van der Waals surface area contributed by atoms with E-state index in [0.717, 1.165) is 11.5 Å². The Kier molecular flexibility index (Phi) is 3.97. The molecule has 0 saturated carbocycles. The van der Waals surface area contributed by atoms with Crippen molar-refractivity contribution in [1.82, 2.24) is 9.88 Å². The minimum Gasteiger partial charge on any atom is -0.464 e. The summed E-state index contributed by atoms with van der Waals surface area (Å²) in [5, 5.41) is 0. The molecule has 0 aliphatic carbocycles. The van der Waals surface area contributed by atoms with Crippen molar-refractivity contribution in [2.45, 2.75) is 20.0 Å². The maximum atomic E-state index is 12.2. The van der Waals surface area contributed by atoms with Gasteiger partial charge in [0.15, 0.2) is 0 Å². The SMILES string of the molecule is Cc1ccc(CN(C)C(=O)c2ccnc(CN)c2)o1. The highest BCUT2D eigenvalue weighted by Gasteiger charge is 2.14. The molecule has 0 bridgehead atoms. The predicted octanol–water partition coefficient (Wildman–Crippen LogP) is 1.71. The van der Waals surface area contributed by atoms with E-state index in [2.05, 4.69) is 4.98 Å². The van der Waals surface area contributed by atoms with Crippen LogP contribution in [0.15, 0.2) is 34.9 Å². The summed E-state index contributed by atoms with van der Waals surface area (Å²) in [6.45, 7) is 2.64. The van der Waals surface area contributed by atoms with Gasteiger partial charge < -0.3 is 15.1 Å². The van der Waals surface area contributed by atoms with Gasteiger partial charge in [0.2, 0.25) is 0 Å². The van der Waals surface area contributed by atoms with Crippen molar-refractivity contribution >= 4 is 5.91 Å². The average Bonchev–Trinajstić information content (AvgIpc) is 2.83. The van der Waals surface area contributed by atoms with E-state index in [0.29, 0.717) is 24.3 Å². The number of amides is 1. The summed E-state index contributed by atoms with van der Waals surface area (Å²) in [6.07, 6.45) is 1.60. The molecule has 0 unspecified atom stereocenters. The molecule has 5 nitrogen and oxygen atoms in total. The maximum absolute atomic E-state index is 12.2. The first-order valence-corrected chi connectivity index (χ1v) is 6.06. The second-order valence-corrected chi connectivity index (χ2v) is 4.41. The number of nitrogens with two attached hydrogens (primary N) is 1. The Balaban J connectivity index is 2.09. The van der Waals surface area contributed by atoms with Crippen molar-refractivity contribution in [3.63, 3.8) is 0 Å². The molecule has 0 aliphatic heterocycles. The van der Waals surface area contributed by atoms with E-state index in [1.54, 1.807) is 30.3 Å². The van der Waals surface area contributed by atoms with Crippen LogP contribution in [0.4, 0.5) is 0 Å². The number of hydrogen-bond donors (Lipinski definition) is 1. The van der Waals surface area contributed by atoms with Crippen LogP contribution in [0.3, 0.4) is 0 Å². The maximum Gasteiger partial charge on any atom is 0.254 e. The lowest BCUT2D eigenvalue weighted by Gasteiger charge is -2.16. The van der Waals surface area contributed by atoms with E-state index in [4.69, 9.17) is 10.2 Å². The first kappa shape index (κ1) is 13.3. The van der Waals surface area contributed by atoms with Gasteiger partial charge in [0.05, 0.1) is 12.2 Å². The van der Waals surface area contributed by atoms with E-state index < -0.39 is 0 Å². The highest BCUT2D eigenvalue weighted by atomic mass is 16.3. The number of pyridine rings is 1. The van der Waals surface area contributed by atoms with Crippen LogP contribution >= 0.6 is 0 Å². The highest BCUT2D eigenvalue weighted by molar-refractivity contribution is 5.94. The number of carbonyl (C=O) groups excluding carboxylic acids is 1. The smallest absolute Gasteiger partial charge is 0.254 e. The normalized spacial score (nSPS) is 10.5. The Morgan fingerprint density at radius 1 is 1.42 bits per heavy atom. The van der Waals surface area contributed by atoms with Crippen LogP contribution in [-0.4, -0.2) is 22.8 Å². The molecule has 2 rings (SSSR count). The van der Waals surface area contributed by atoms with Crippen molar-refractivity contribution in [3.05, 3.63) is 53.2 Å². The quantitative estimate of drug-likeness (QED) is 0.907. The zero-order valence-corrected chi connectivity index (χ0v) is 11.1. The summed E-state index contributed by atoms with van der Waals surface area (Å²) in [5.41, 5.74) is 6.81. The Labute approximate surface area is 112 Å². The molecule has 0 spiro atoms. The molecule has 0 atom stereocenters. The third kappa shape index (κ3) is 3.20. The zero-order chi connectivity index (χ0) is 13.8. The van der Waals surface area contributed by atoms with E-state index in [1.807, 2.05) is 19.1 Å². The van der Waals surface area contributed by atoms with Crippen LogP contribution in [0.5, 0.6) is 0 Å². The predicted molar refractivity (Wildman–Crippen MR) is 71.4 cm³/mol. The Morgan fingerprint density at radius 3 is 2.84 bits per heavy atom. The van der Waals surface area contributed by atoms with Crippen molar-refractivity contribution in [2.24, 2.45) is 5.73 Å². The second-order valence-electron chi connectivity index (χ2n) is 4.41. The first-order valence-electron chi connectivity index (χ1n) is 6.06. The fourth-order valence-electron chi connectivity index (χ4n) is 1.82. The fraction of sp³-hybridized carbons (Fsp3) is 0.286. The van der Waals surface area contributed by atoms with E-state index in [1.165, 1.54) is 0 Å². The molecule has 2 N–H and O–H groups in total. The third-order valence-electron chi connectivity index (χ3n) is 2.81. The van der Waals surface area contributed by atoms with Gasteiger partial charge in [-0.25, -0.2) is 0 Å². The van der Waals surface area contributed by atoms with Gasteiger partial charge in [-0.15, -0.1) is 0 Å². The summed E-state index contributed by atoms with van der Waals surface area (Å²) in [7, 11) is 1.74. The van der Waals surface area contributed by atoms with Crippen LogP contribution in [0, 0.1) is 6.92 Å². The lowest BCUT2D eigenvalue weighted by atomic mass is 10.2. The fourth-order valence-corrected chi connectivity index (χ4v) is 1.82. The van der Waals surface area contributed by atoms with E-state index in [-0.39, 0.29) is 5.91 Å². The van der Waals surface area contributed by atoms with E-state index >= 15 is 0 Å². The summed E-state index contributed by atoms with van der Waals surface area (Å²) in [6, 6.07) is 7.15. The standard InChI is InChI=1S/C14H17N3O2/c1-10-3-4-13(19-10)9-17(2)14(18)11-5-6-16-12(7-11)8-15/h3-7H,8-9,15H2,1-2H3. The molecule has 19 heavy (non-hydrogen) atoms. The topological polar surface area (TPSA) is 72.4 Å². The van der Waals surface area contributed by atoms with Gasteiger partial charge in [-0.1, -0.05) is 0 Å². The van der Waals surface area contributed by atoms with E-state index in [9.17, 15) is 4.79 Å². The number of nitrogens with zero attached hydrogens (tertiary/aromatic N) is 2. The first-order chi connectivity index (χ1) is 9.10. The third-order valence-corrected chi connectivity index (χ3v) is 2.81. The molecule has 100 valence electrons. The second kappa shape index (κ2) is 5.67. The molecular weight excluding hydrogens is 242 g/mol. The monoisotopic (exact) mass is 259 g/mol. The molecule has 2 aromatic rings. The molecule has 0 aliphatic rings. The summed E-state index contributed by atoms with van der Waals surface area (Å²) < 4.78 is 5.46. The largest absolute Gasteiger partial charge is 0.464 e. The number of carbonyl (C=O) groups is 1. The zero-order valence-electron chi connectivity index (χ0n) is 11.1. The van der Waals surface area contributed by atoms with Crippen LogP contribution in [-0.2, 0) is 13.1 Å². The molecule has 2 aromatic heterocycles. The lowest BCUT2D eigenvalue weighted by Crippen LogP contribution is -2.26. The van der Waals surface area contributed by atoms with Crippen LogP contribution in [0.1, 0.15) is 27.6 Å². The van der Waals surface area contributed by atoms with Gasteiger partial charge in [0.1, 0.15) is 11.5 Å². The molecule has 0 fully saturated rings. The highest BCUT2D eigenvalue weighted by Crippen LogP contribution is 2.11. The average molecular weight is 259 g/mol. The van der Waals surface area contributed by atoms with Crippen LogP contribution in [0.2, 0.25) is 0 Å². The Morgan fingerprint density at radius 2 is 2.21 bits per heavy atom. The Bertz CT molecular complexity index is 578. The van der Waals surface area contributed by atoms with Crippen molar-refractivity contribution in [1.29, 1.82) is 0 Å². The number of hydrogen-bond acceptors (Lipinski definition) is 4. The minimum atomic E-state index is -0.0776. The number of furan rings is 1. The van der Waals surface area contributed by atoms with Gasteiger partial charge in [-0.3, -0.25) is 9.78 Å². The molecular formula is C14H17N3O2. The van der Waals surface area contributed by atoms with Crippen molar-refractivity contribution in [2.75, 3.05) is 7.05 Å². The van der Waals surface area contributed by atoms with Crippen LogP contribution in [0.25, 0.3) is 0 Å². The summed E-state index contributed by atoms with van der Waals surface area (Å²) in [5.74, 6) is 1.53. The number of aromatic nitrogens is 1. The van der Waals surface area contributed by atoms with Gasteiger partial charge in [0.25, 0.3) is 5.91 Å². The van der Waals surface area contributed by atoms with Gasteiger partial charge >= 0.3 is 0 Å². The van der Waals surface area contributed by atoms with Gasteiger partial charge in [0, 0.05) is 25.4 Å². The molecule has 0 aromatic carbocycles. The Hall–Kier alpha value is -2.14. The lowest BCUT2D eigenvalue weighted by molar-refractivity contribution is 0.0774. The molecule has 1 amide bonds. The molecule has 2 heterocycles. The summed E-state index contributed by atoms with van der Waals surface area (Å²) >= 11 is 0. The number of aryl methyl sites for hydroxylation is 1. The minimum absolute atomic E-state index is 0.0776. The number of rotatable bonds is 4. The molecule has 0 radical (unpaired) electrons. The van der Waals surface area contributed by atoms with Gasteiger partial charge in [-0.2, -0.15) is 0 Å². The molecule has 5 heteroatoms. The summed E-state index contributed by atoms with van der Waals surface area (Å²) in [4.78, 5) is 17.9. The van der Waals surface area contributed by atoms with Crippen LogP contribution < -0.4 is 5.73 Å².